The quantitative estimate of drug-likeness (QED) is 0.747. The molecule has 2 bridgehead atoms. The zero-order valence-corrected chi connectivity index (χ0v) is 11.4. The van der Waals surface area contributed by atoms with Crippen LogP contribution in [0.4, 0.5) is 0 Å². The lowest BCUT2D eigenvalue weighted by atomic mass is 9.81. The molecule has 0 aromatic rings. The Hall–Kier alpha value is -1.36. The average molecular weight is 279 g/mol. The van der Waals surface area contributed by atoms with Gasteiger partial charge in [0.2, 0.25) is 5.91 Å². The van der Waals surface area contributed by atoms with Crippen molar-refractivity contribution in [2.45, 2.75) is 19.3 Å². The number of piperidine rings is 1. The number of aliphatic hydroxyl groups excluding tert-OH is 1. The molecular formula is C15H21NO4. The summed E-state index contributed by atoms with van der Waals surface area (Å²) in [6.45, 7) is 1.36. The highest BCUT2D eigenvalue weighted by molar-refractivity contribution is 5.87. The van der Waals surface area contributed by atoms with Gasteiger partial charge in [-0.25, -0.2) is 0 Å². The molecule has 5 atom stereocenters. The van der Waals surface area contributed by atoms with Gasteiger partial charge in [0.15, 0.2) is 0 Å². The Labute approximate surface area is 118 Å². The van der Waals surface area contributed by atoms with Crippen LogP contribution in [0.2, 0.25) is 0 Å². The highest BCUT2D eigenvalue weighted by Crippen LogP contribution is 2.49. The van der Waals surface area contributed by atoms with Gasteiger partial charge in [-0.15, -0.1) is 0 Å². The number of aliphatic carboxylic acids is 1. The number of carboxylic acid groups (broad SMARTS) is 1. The SMILES string of the molecule is O=C(O)C1C2C=CC(C2)C1C(=O)N1CCCC(CO)C1. The van der Waals surface area contributed by atoms with Crippen molar-refractivity contribution in [2.24, 2.45) is 29.6 Å². The lowest BCUT2D eigenvalue weighted by Crippen LogP contribution is -2.47. The third-order valence-electron chi connectivity index (χ3n) is 5.12. The van der Waals surface area contributed by atoms with Crippen LogP contribution in [-0.2, 0) is 9.59 Å². The molecule has 0 aromatic heterocycles. The summed E-state index contributed by atoms with van der Waals surface area (Å²) in [7, 11) is 0. The number of likely N-dealkylation sites (tertiary alicyclic amines) is 1. The van der Waals surface area contributed by atoms with E-state index in [1.807, 2.05) is 12.2 Å². The molecular weight excluding hydrogens is 258 g/mol. The first-order valence-corrected chi connectivity index (χ1v) is 7.42. The molecule has 5 unspecified atom stereocenters. The van der Waals surface area contributed by atoms with E-state index in [1.54, 1.807) is 4.90 Å². The summed E-state index contributed by atoms with van der Waals surface area (Å²) < 4.78 is 0. The molecule has 2 fully saturated rings. The first kappa shape index (κ1) is 13.6. The summed E-state index contributed by atoms with van der Waals surface area (Å²) in [5.74, 6) is -1.59. The summed E-state index contributed by atoms with van der Waals surface area (Å²) >= 11 is 0. The largest absolute Gasteiger partial charge is 0.481 e. The van der Waals surface area contributed by atoms with E-state index in [4.69, 9.17) is 0 Å². The van der Waals surface area contributed by atoms with Crippen molar-refractivity contribution in [1.82, 2.24) is 4.90 Å². The van der Waals surface area contributed by atoms with Crippen LogP contribution in [0.15, 0.2) is 12.2 Å². The first-order chi connectivity index (χ1) is 9.61. The van der Waals surface area contributed by atoms with Crippen LogP contribution in [0.25, 0.3) is 0 Å². The molecule has 20 heavy (non-hydrogen) atoms. The van der Waals surface area contributed by atoms with E-state index in [-0.39, 0.29) is 30.3 Å². The molecule has 1 aliphatic heterocycles. The van der Waals surface area contributed by atoms with Crippen LogP contribution in [0.5, 0.6) is 0 Å². The molecule has 1 heterocycles. The smallest absolute Gasteiger partial charge is 0.307 e. The predicted molar refractivity (Wildman–Crippen MR) is 71.7 cm³/mol. The number of hydrogen-bond acceptors (Lipinski definition) is 3. The van der Waals surface area contributed by atoms with Crippen molar-refractivity contribution >= 4 is 11.9 Å². The van der Waals surface area contributed by atoms with Gasteiger partial charge in [-0.1, -0.05) is 12.2 Å². The van der Waals surface area contributed by atoms with Gasteiger partial charge < -0.3 is 15.1 Å². The number of rotatable bonds is 3. The van der Waals surface area contributed by atoms with Crippen LogP contribution in [0.3, 0.4) is 0 Å². The number of hydrogen-bond donors (Lipinski definition) is 2. The number of fused-ring (bicyclic) bond motifs is 2. The third-order valence-corrected chi connectivity index (χ3v) is 5.12. The van der Waals surface area contributed by atoms with Gasteiger partial charge in [-0.3, -0.25) is 9.59 Å². The Morgan fingerprint density at radius 1 is 1.20 bits per heavy atom. The first-order valence-electron chi connectivity index (χ1n) is 7.42. The summed E-state index contributed by atoms with van der Waals surface area (Å²) in [5, 5.41) is 18.7. The molecule has 2 aliphatic carbocycles. The zero-order chi connectivity index (χ0) is 14.3. The fourth-order valence-electron chi connectivity index (χ4n) is 4.12. The minimum Gasteiger partial charge on any atom is -0.481 e. The molecule has 5 nitrogen and oxygen atoms in total. The number of aliphatic hydroxyl groups is 1. The zero-order valence-electron chi connectivity index (χ0n) is 11.4. The maximum Gasteiger partial charge on any atom is 0.307 e. The number of nitrogens with zero attached hydrogens (tertiary/aromatic N) is 1. The van der Waals surface area contributed by atoms with Crippen molar-refractivity contribution in [2.75, 3.05) is 19.7 Å². The monoisotopic (exact) mass is 279 g/mol. The summed E-state index contributed by atoms with van der Waals surface area (Å²) in [5.41, 5.74) is 0. The number of carboxylic acids is 1. The Bertz CT molecular complexity index is 447. The Balaban J connectivity index is 1.76. The van der Waals surface area contributed by atoms with E-state index in [0.29, 0.717) is 13.1 Å². The predicted octanol–water partition coefficient (Wildman–Crippen LogP) is 0.740. The average Bonchev–Trinajstić information content (AvgIpc) is 3.07. The molecule has 1 saturated carbocycles. The van der Waals surface area contributed by atoms with Crippen LogP contribution in [0.1, 0.15) is 19.3 Å². The van der Waals surface area contributed by atoms with E-state index < -0.39 is 17.8 Å². The number of amides is 1. The molecule has 3 aliphatic rings. The number of carbonyl (C=O) groups is 2. The molecule has 2 N–H and O–H groups in total. The van der Waals surface area contributed by atoms with E-state index in [1.165, 1.54) is 0 Å². The molecule has 110 valence electrons. The van der Waals surface area contributed by atoms with Gasteiger partial charge in [0, 0.05) is 19.7 Å². The fraction of sp³-hybridized carbons (Fsp3) is 0.733. The van der Waals surface area contributed by atoms with Gasteiger partial charge in [0.05, 0.1) is 11.8 Å². The standard InChI is InChI=1S/C15H21NO4/c17-8-9-2-1-5-16(7-9)14(18)12-10-3-4-11(6-10)13(12)15(19)20/h3-4,9-13,17H,1-2,5-8H2,(H,19,20). The number of carbonyl (C=O) groups excluding carboxylic acids is 1. The lowest BCUT2D eigenvalue weighted by molar-refractivity contribution is -0.151. The number of allylic oxidation sites excluding steroid dienone is 2. The van der Waals surface area contributed by atoms with Gasteiger partial charge in [-0.2, -0.15) is 0 Å². The van der Waals surface area contributed by atoms with Crippen LogP contribution < -0.4 is 0 Å². The summed E-state index contributed by atoms with van der Waals surface area (Å²) in [4.78, 5) is 26.0. The Kier molecular flexibility index (Phi) is 3.54. The normalized spacial score (nSPS) is 39.2. The molecule has 0 aromatic carbocycles. The van der Waals surface area contributed by atoms with E-state index in [9.17, 15) is 19.8 Å². The second kappa shape index (κ2) is 5.20. The maximum atomic E-state index is 12.7. The summed E-state index contributed by atoms with van der Waals surface area (Å²) in [6.07, 6.45) is 6.61. The minimum atomic E-state index is -0.851. The molecule has 0 spiro atoms. The fourth-order valence-corrected chi connectivity index (χ4v) is 4.12. The van der Waals surface area contributed by atoms with Gasteiger partial charge in [-0.05, 0) is 37.0 Å². The van der Waals surface area contributed by atoms with Gasteiger partial charge >= 0.3 is 5.97 Å². The third kappa shape index (κ3) is 2.14. The maximum absolute atomic E-state index is 12.7. The van der Waals surface area contributed by atoms with E-state index >= 15 is 0 Å². The van der Waals surface area contributed by atoms with Crippen molar-refractivity contribution in [3.63, 3.8) is 0 Å². The molecule has 1 amide bonds. The van der Waals surface area contributed by atoms with Crippen LogP contribution >= 0.6 is 0 Å². The van der Waals surface area contributed by atoms with Crippen LogP contribution in [0, 0.1) is 29.6 Å². The van der Waals surface area contributed by atoms with E-state index in [2.05, 4.69) is 0 Å². The Morgan fingerprint density at radius 2 is 1.90 bits per heavy atom. The minimum absolute atomic E-state index is 0.0184. The molecule has 3 rings (SSSR count). The second-order valence-corrected chi connectivity index (χ2v) is 6.31. The van der Waals surface area contributed by atoms with Crippen molar-refractivity contribution < 1.29 is 19.8 Å². The van der Waals surface area contributed by atoms with Crippen molar-refractivity contribution in [3.8, 4) is 0 Å². The molecule has 5 heteroatoms. The lowest BCUT2D eigenvalue weighted by Gasteiger charge is -2.36. The molecule has 1 saturated heterocycles. The van der Waals surface area contributed by atoms with Crippen molar-refractivity contribution in [1.29, 1.82) is 0 Å². The van der Waals surface area contributed by atoms with Crippen molar-refractivity contribution in [3.05, 3.63) is 12.2 Å². The highest BCUT2D eigenvalue weighted by Gasteiger charge is 2.52. The second-order valence-electron chi connectivity index (χ2n) is 6.31. The van der Waals surface area contributed by atoms with Gasteiger partial charge in [0.25, 0.3) is 0 Å². The molecule has 0 radical (unpaired) electrons. The topological polar surface area (TPSA) is 77.8 Å². The highest BCUT2D eigenvalue weighted by atomic mass is 16.4. The van der Waals surface area contributed by atoms with Crippen LogP contribution in [-0.4, -0.2) is 46.7 Å². The Morgan fingerprint density at radius 3 is 2.55 bits per heavy atom. The summed E-state index contributed by atoms with van der Waals surface area (Å²) in [6, 6.07) is 0. The van der Waals surface area contributed by atoms with E-state index in [0.717, 1.165) is 19.3 Å². The van der Waals surface area contributed by atoms with Gasteiger partial charge in [0.1, 0.15) is 0 Å².